The normalized spacial score (nSPS) is 13.3. The van der Waals surface area contributed by atoms with Gasteiger partial charge in [-0.05, 0) is 51.0 Å². The lowest BCUT2D eigenvalue weighted by Crippen LogP contribution is -2.33. The minimum Gasteiger partial charge on any atom is -0.352 e. The molecule has 1 amide bonds. The van der Waals surface area contributed by atoms with Gasteiger partial charge in [-0.25, -0.2) is 0 Å². The van der Waals surface area contributed by atoms with Crippen LogP contribution in [0.15, 0.2) is 17.1 Å². The maximum Gasteiger partial charge on any atom is 0.416 e. The number of aliphatic imine (C=N–C) groups is 1. The van der Waals surface area contributed by atoms with Crippen LogP contribution in [0.3, 0.4) is 0 Å². The van der Waals surface area contributed by atoms with Crippen LogP contribution in [0.25, 0.3) is 11.1 Å². The number of amides is 1. The van der Waals surface area contributed by atoms with Crippen molar-refractivity contribution in [3.05, 3.63) is 40.2 Å². The first-order valence-corrected chi connectivity index (χ1v) is 8.65. The molecule has 144 valence electrons. The molecule has 27 heavy (non-hydrogen) atoms. The number of nitrogens with one attached hydrogen (secondary N) is 1. The monoisotopic (exact) mass is 378 g/mol. The average Bonchev–Trinajstić information content (AvgIpc) is 3.10. The van der Waals surface area contributed by atoms with E-state index < -0.39 is 11.7 Å². The first-order valence-electron chi connectivity index (χ1n) is 8.65. The van der Waals surface area contributed by atoms with Crippen molar-refractivity contribution < 1.29 is 18.0 Å². The molecule has 1 aliphatic heterocycles. The molecule has 0 spiro atoms. The van der Waals surface area contributed by atoms with E-state index >= 15 is 0 Å². The summed E-state index contributed by atoms with van der Waals surface area (Å²) in [6.07, 6.45) is -2.84. The van der Waals surface area contributed by atoms with Crippen LogP contribution in [0.2, 0.25) is 0 Å². The van der Waals surface area contributed by atoms with Crippen molar-refractivity contribution in [2.24, 2.45) is 4.99 Å². The summed E-state index contributed by atoms with van der Waals surface area (Å²) in [6.45, 7) is 7.45. The predicted octanol–water partition coefficient (Wildman–Crippen LogP) is 3.64. The number of alkyl halides is 3. The van der Waals surface area contributed by atoms with Crippen molar-refractivity contribution in [1.82, 2.24) is 15.1 Å². The highest BCUT2D eigenvalue weighted by molar-refractivity contribution is 5.95. The Kier molecular flexibility index (Phi) is 4.84. The van der Waals surface area contributed by atoms with E-state index in [1.807, 2.05) is 13.8 Å². The minimum absolute atomic E-state index is 0.00289. The van der Waals surface area contributed by atoms with E-state index in [1.165, 1.54) is 4.68 Å². The fourth-order valence-corrected chi connectivity index (χ4v) is 3.35. The van der Waals surface area contributed by atoms with E-state index in [0.717, 1.165) is 12.1 Å². The molecule has 0 radical (unpaired) electrons. The maximum atomic E-state index is 13.3. The van der Waals surface area contributed by atoms with Gasteiger partial charge in [-0.1, -0.05) is 0 Å². The standard InChI is InChI=1S/C19H21F3N4O/c1-10(2)24-17(27)9-26-12(4)18(11(3)25-26)15-6-14(19(20,21)22)5-13-7-23-8-16(13)15/h5-6,8,10H,7,9H2,1-4H3,(H,24,27). The molecule has 8 heteroatoms. The largest absolute Gasteiger partial charge is 0.416 e. The number of aryl methyl sites for hydroxylation is 1. The molecule has 2 heterocycles. The van der Waals surface area contributed by atoms with Gasteiger partial charge in [-0.15, -0.1) is 0 Å². The summed E-state index contributed by atoms with van der Waals surface area (Å²) < 4.78 is 41.5. The number of carbonyl (C=O) groups is 1. The van der Waals surface area contributed by atoms with Gasteiger partial charge in [0, 0.05) is 29.1 Å². The smallest absolute Gasteiger partial charge is 0.352 e. The number of halogens is 3. The van der Waals surface area contributed by atoms with Crippen LogP contribution in [0.5, 0.6) is 0 Å². The lowest BCUT2D eigenvalue weighted by molar-refractivity contribution is -0.137. The molecule has 5 nitrogen and oxygen atoms in total. The third-order valence-electron chi connectivity index (χ3n) is 4.47. The molecule has 0 saturated carbocycles. The van der Waals surface area contributed by atoms with E-state index in [1.54, 1.807) is 20.1 Å². The summed E-state index contributed by atoms with van der Waals surface area (Å²) >= 11 is 0. The highest BCUT2D eigenvalue weighted by Crippen LogP contribution is 2.39. The molecule has 0 fully saturated rings. The zero-order chi connectivity index (χ0) is 19.9. The third kappa shape index (κ3) is 3.74. The molecule has 1 N–H and O–H groups in total. The molecule has 0 bridgehead atoms. The van der Waals surface area contributed by atoms with Gasteiger partial charge in [-0.3, -0.25) is 14.5 Å². The van der Waals surface area contributed by atoms with Crippen molar-refractivity contribution in [3.63, 3.8) is 0 Å². The number of benzene rings is 1. The summed E-state index contributed by atoms with van der Waals surface area (Å²) in [4.78, 5) is 16.2. The molecule has 0 atom stereocenters. The van der Waals surface area contributed by atoms with Gasteiger partial charge in [0.25, 0.3) is 0 Å². The van der Waals surface area contributed by atoms with Crippen LogP contribution in [-0.2, 0) is 24.1 Å². The number of fused-ring (bicyclic) bond motifs is 1. The average molecular weight is 378 g/mol. The van der Waals surface area contributed by atoms with Gasteiger partial charge in [0.2, 0.25) is 5.91 Å². The summed E-state index contributed by atoms with van der Waals surface area (Å²) in [5.41, 5.74) is 2.81. The maximum absolute atomic E-state index is 13.3. The second kappa shape index (κ2) is 6.83. The zero-order valence-electron chi connectivity index (χ0n) is 15.6. The lowest BCUT2D eigenvalue weighted by atomic mass is 9.93. The van der Waals surface area contributed by atoms with Crippen LogP contribution in [0, 0.1) is 13.8 Å². The van der Waals surface area contributed by atoms with E-state index in [-0.39, 0.29) is 25.0 Å². The Balaban J connectivity index is 2.08. The molecule has 3 rings (SSSR count). The van der Waals surface area contributed by atoms with Gasteiger partial charge >= 0.3 is 6.18 Å². The molecule has 1 aromatic heterocycles. The van der Waals surface area contributed by atoms with Gasteiger partial charge in [0.1, 0.15) is 6.54 Å². The molecule has 0 aliphatic carbocycles. The van der Waals surface area contributed by atoms with Crippen LogP contribution < -0.4 is 5.32 Å². The van der Waals surface area contributed by atoms with E-state index in [4.69, 9.17) is 0 Å². The van der Waals surface area contributed by atoms with Gasteiger partial charge in [0.15, 0.2) is 0 Å². The van der Waals surface area contributed by atoms with Crippen molar-refractivity contribution in [3.8, 4) is 11.1 Å². The van der Waals surface area contributed by atoms with E-state index in [9.17, 15) is 18.0 Å². The molecule has 1 aliphatic rings. The van der Waals surface area contributed by atoms with Gasteiger partial charge in [-0.2, -0.15) is 18.3 Å². The summed E-state index contributed by atoms with van der Waals surface area (Å²) in [5.74, 6) is -0.196. The number of aromatic nitrogens is 2. The van der Waals surface area contributed by atoms with Crippen LogP contribution in [-0.4, -0.2) is 27.9 Å². The Morgan fingerprint density at radius 2 is 2.00 bits per heavy atom. The highest BCUT2D eigenvalue weighted by Gasteiger charge is 2.33. The Hall–Kier alpha value is -2.64. The first kappa shape index (κ1) is 19.1. The molecule has 1 aromatic carbocycles. The van der Waals surface area contributed by atoms with Crippen molar-refractivity contribution >= 4 is 12.1 Å². The van der Waals surface area contributed by atoms with Gasteiger partial charge in [0.05, 0.1) is 17.8 Å². The summed E-state index contributed by atoms with van der Waals surface area (Å²) in [5, 5.41) is 7.17. The highest BCUT2D eigenvalue weighted by atomic mass is 19.4. The number of carbonyl (C=O) groups excluding carboxylic acids is 1. The lowest BCUT2D eigenvalue weighted by Gasteiger charge is -2.14. The summed E-state index contributed by atoms with van der Waals surface area (Å²) in [6, 6.07) is 2.29. The number of hydrogen-bond acceptors (Lipinski definition) is 3. The predicted molar refractivity (Wildman–Crippen MR) is 96.7 cm³/mol. The Morgan fingerprint density at radius 1 is 1.30 bits per heavy atom. The van der Waals surface area contributed by atoms with Crippen molar-refractivity contribution in [2.45, 2.75) is 53.0 Å². The molecule has 0 saturated heterocycles. The first-order chi connectivity index (χ1) is 12.6. The van der Waals surface area contributed by atoms with E-state index in [2.05, 4.69) is 15.4 Å². The molecule has 2 aromatic rings. The Morgan fingerprint density at radius 3 is 2.63 bits per heavy atom. The minimum atomic E-state index is -4.44. The summed E-state index contributed by atoms with van der Waals surface area (Å²) in [7, 11) is 0. The van der Waals surface area contributed by atoms with Crippen molar-refractivity contribution in [2.75, 3.05) is 0 Å². The van der Waals surface area contributed by atoms with Gasteiger partial charge < -0.3 is 5.32 Å². The Labute approximate surface area is 155 Å². The van der Waals surface area contributed by atoms with Crippen LogP contribution in [0.4, 0.5) is 13.2 Å². The second-order valence-electron chi connectivity index (χ2n) is 6.99. The Bertz CT molecular complexity index is 926. The topological polar surface area (TPSA) is 59.3 Å². The van der Waals surface area contributed by atoms with Crippen LogP contribution >= 0.6 is 0 Å². The quantitative estimate of drug-likeness (QED) is 0.883. The SMILES string of the molecule is Cc1nn(CC(=O)NC(C)C)c(C)c1-c1cc(C(F)(F)F)cc2c1C=NC2. The number of rotatable bonds is 4. The number of hydrogen-bond donors (Lipinski definition) is 1. The molecular weight excluding hydrogens is 357 g/mol. The third-order valence-corrected chi connectivity index (χ3v) is 4.47. The molecular formula is C19H21F3N4O. The number of nitrogens with zero attached hydrogens (tertiary/aromatic N) is 3. The van der Waals surface area contributed by atoms with Crippen molar-refractivity contribution in [1.29, 1.82) is 0 Å². The second-order valence-corrected chi connectivity index (χ2v) is 6.99. The fraction of sp³-hybridized carbons (Fsp3) is 0.421. The van der Waals surface area contributed by atoms with Crippen LogP contribution in [0.1, 0.15) is 41.9 Å². The zero-order valence-corrected chi connectivity index (χ0v) is 15.6. The van der Waals surface area contributed by atoms with E-state index in [0.29, 0.717) is 33.6 Å². The fourth-order valence-electron chi connectivity index (χ4n) is 3.35. The molecule has 0 unspecified atom stereocenters.